The minimum atomic E-state index is -1.26. The van der Waals surface area contributed by atoms with Gasteiger partial charge in [0.25, 0.3) is 0 Å². The highest BCUT2D eigenvalue weighted by Gasteiger charge is 2.24. The van der Waals surface area contributed by atoms with Crippen LogP contribution in [0, 0.1) is 5.92 Å². The Hall–Kier alpha value is -2.18. The van der Waals surface area contributed by atoms with Gasteiger partial charge in [0, 0.05) is 18.1 Å². The molecule has 11 nitrogen and oxygen atoms in total. The molecule has 0 aliphatic rings. The fourth-order valence-electron chi connectivity index (χ4n) is 2.17. The van der Waals surface area contributed by atoms with Crippen molar-refractivity contribution >= 4 is 40.6 Å². The first kappa shape index (κ1) is 26.8. The number of rotatable bonds is 15. The molecule has 0 aromatic carbocycles. The van der Waals surface area contributed by atoms with Crippen molar-refractivity contribution in [3.63, 3.8) is 0 Å². The summed E-state index contributed by atoms with van der Waals surface area (Å²) < 4.78 is 0. The maximum atomic E-state index is 12.2. The molecule has 0 radical (unpaired) electrons. The summed E-state index contributed by atoms with van der Waals surface area (Å²) in [6.07, 6.45) is 1.89. The largest absolute Gasteiger partial charge is 0.480 e. The van der Waals surface area contributed by atoms with E-state index in [9.17, 15) is 24.0 Å². The molecule has 0 unspecified atom stereocenters. The van der Waals surface area contributed by atoms with E-state index in [2.05, 4.69) is 10.6 Å². The number of nitrogens with one attached hydrogen (secondary N) is 2. The number of hydrogen-bond donors (Lipinski definition) is 6. The molecule has 0 saturated carbocycles. The zero-order valence-corrected chi connectivity index (χ0v) is 17.2. The SMILES string of the molecule is C[C@@H](CCCCN)C(=O)SC[C@H](NC(=O)CC[C@H](N)C(=O)O)C(=O)NCC(=O)O. The second kappa shape index (κ2) is 14.8. The van der Waals surface area contributed by atoms with E-state index in [0.717, 1.165) is 24.6 Å². The quantitative estimate of drug-likeness (QED) is 0.171. The van der Waals surface area contributed by atoms with Gasteiger partial charge in [-0.1, -0.05) is 25.1 Å². The van der Waals surface area contributed by atoms with Crippen molar-refractivity contribution in [1.29, 1.82) is 0 Å². The number of aliphatic carboxylic acids is 2. The van der Waals surface area contributed by atoms with E-state index in [-0.39, 0.29) is 29.6 Å². The average Bonchev–Trinajstić information content (AvgIpc) is 2.66. The Labute approximate surface area is 173 Å². The Kier molecular flexibility index (Phi) is 13.7. The highest BCUT2D eigenvalue weighted by Crippen LogP contribution is 2.17. The predicted octanol–water partition coefficient (Wildman–Crippen LogP) is -1.11. The van der Waals surface area contributed by atoms with Gasteiger partial charge in [-0.05, 0) is 25.8 Å². The molecule has 0 rings (SSSR count). The van der Waals surface area contributed by atoms with Crippen LogP contribution in [0.25, 0.3) is 0 Å². The number of hydrogen-bond acceptors (Lipinski definition) is 8. The lowest BCUT2D eigenvalue weighted by Gasteiger charge is -2.18. The van der Waals surface area contributed by atoms with E-state index < -0.39 is 42.4 Å². The summed E-state index contributed by atoms with van der Waals surface area (Å²) >= 11 is 0.873. The highest BCUT2D eigenvalue weighted by molar-refractivity contribution is 8.13. The van der Waals surface area contributed by atoms with E-state index in [4.69, 9.17) is 21.7 Å². The van der Waals surface area contributed by atoms with Gasteiger partial charge in [0.2, 0.25) is 11.8 Å². The highest BCUT2D eigenvalue weighted by atomic mass is 32.2. The van der Waals surface area contributed by atoms with Crippen LogP contribution in [0.3, 0.4) is 0 Å². The maximum absolute atomic E-state index is 12.2. The Bertz CT molecular complexity index is 588. The van der Waals surface area contributed by atoms with Gasteiger partial charge in [0.05, 0.1) is 0 Å². The molecule has 0 heterocycles. The standard InChI is InChI=1S/C17H30N4O7S/c1-10(4-2-3-7-18)17(28)29-9-12(15(25)20-8-14(23)24)21-13(22)6-5-11(19)16(26)27/h10-12H,2-9,18-19H2,1H3,(H,20,25)(H,21,22)(H,23,24)(H,26,27)/t10-,11-,12-/m0/s1. The van der Waals surface area contributed by atoms with Crippen LogP contribution in [0.2, 0.25) is 0 Å². The maximum Gasteiger partial charge on any atom is 0.322 e. The summed E-state index contributed by atoms with van der Waals surface area (Å²) in [7, 11) is 0. The smallest absolute Gasteiger partial charge is 0.322 e. The number of carboxylic acids is 2. The molecule has 0 aromatic heterocycles. The van der Waals surface area contributed by atoms with Crippen molar-refractivity contribution in [2.24, 2.45) is 17.4 Å². The summed E-state index contributed by atoms with van der Waals surface area (Å²) in [5.41, 5.74) is 10.8. The van der Waals surface area contributed by atoms with Crippen LogP contribution in [0.1, 0.15) is 39.0 Å². The third kappa shape index (κ3) is 12.8. The molecular weight excluding hydrogens is 404 g/mol. The van der Waals surface area contributed by atoms with Gasteiger partial charge in [0.15, 0.2) is 5.12 Å². The lowest BCUT2D eigenvalue weighted by atomic mass is 10.1. The number of thioether (sulfide) groups is 1. The van der Waals surface area contributed by atoms with Gasteiger partial charge < -0.3 is 32.3 Å². The van der Waals surface area contributed by atoms with Crippen LogP contribution >= 0.6 is 11.8 Å². The van der Waals surface area contributed by atoms with Crippen molar-refractivity contribution in [3.05, 3.63) is 0 Å². The minimum Gasteiger partial charge on any atom is -0.480 e. The Morgan fingerprint density at radius 2 is 1.72 bits per heavy atom. The molecule has 8 N–H and O–H groups in total. The van der Waals surface area contributed by atoms with E-state index in [0.29, 0.717) is 13.0 Å². The van der Waals surface area contributed by atoms with Gasteiger partial charge in [-0.2, -0.15) is 0 Å². The molecule has 0 spiro atoms. The first-order chi connectivity index (χ1) is 13.6. The molecule has 166 valence electrons. The second-order valence-electron chi connectivity index (χ2n) is 6.53. The van der Waals surface area contributed by atoms with Gasteiger partial charge in [-0.3, -0.25) is 24.0 Å². The molecule has 0 aromatic rings. The zero-order valence-electron chi connectivity index (χ0n) is 16.4. The van der Waals surface area contributed by atoms with Crippen LogP contribution in [-0.2, 0) is 24.0 Å². The fourth-order valence-corrected chi connectivity index (χ4v) is 3.13. The van der Waals surface area contributed by atoms with Crippen molar-refractivity contribution < 1.29 is 34.2 Å². The van der Waals surface area contributed by atoms with Crippen LogP contribution in [0.5, 0.6) is 0 Å². The molecule has 0 saturated heterocycles. The second-order valence-corrected chi connectivity index (χ2v) is 7.55. The third-order valence-electron chi connectivity index (χ3n) is 3.95. The number of amides is 2. The van der Waals surface area contributed by atoms with E-state index in [1.165, 1.54) is 0 Å². The van der Waals surface area contributed by atoms with Crippen molar-refractivity contribution in [1.82, 2.24) is 10.6 Å². The Morgan fingerprint density at radius 3 is 2.28 bits per heavy atom. The first-order valence-electron chi connectivity index (χ1n) is 9.22. The van der Waals surface area contributed by atoms with Crippen LogP contribution < -0.4 is 22.1 Å². The molecule has 0 bridgehead atoms. The molecule has 0 fully saturated rings. The minimum absolute atomic E-state index is 0.0811. The number of carbonyl (C=O) groups excluding carboxylic acids is 3. The number of carbonyl (C=O) groups is 5. The monoisotopic (exact) mass is 434 g/mol. The van der Waals surface area contributed by atoms with Crippen LogP contribution in [0.15, 0.2) is 0 Å². The molecule has 2 amide bonds. The molecule has 29 heavy (non-hydrogen) atoms. The third-order valence-corrected chi connectivity index (χ3v) is 5.14. The van der Waals surface area contributed by atoms with Gasteiger partial charge in [0.1, 0.15) is 18.6 Å². The summed E-state index contributed by atoms with van der Waals surface area (Å²) in [5, 5.41) is 21.8. The number of nitrogens with two attached hydrogens (primary N) is 2. The van der Waals surface area contributed by atoms with E-state index in [1.54, 1.807) is 6.92 Å². The van der Waals surface area contributed by atoms with Crippen molar-refractivity contribution in [2.45, 2.75) is 51.1 Å². The Balaban J connectivity index is 4.77. The Morgan fingerprint density at radius 1 is 1.07 bits per heavy atom. The average molecular weight is 435 g/mol. The zero-order chi connectivity index (χ0) is 22.4. The lowest BCUT2D eigenvalue weighted by Crippen LogP contribution is -2.49. The number of carboxylic acid groups (broad SMARTS) is 2. The predicted molar refractivity (Wildman–Crippen MR) is 107 cm³/mol. The summed E-state index contributed by atoms with van der Waals surface area (Å²) in [5.74, 6) is -4.21. The summed E-state index contributed by atoms with van der Waals surface area (Å²) in [6, 6.07) is -2.36. The molecule has 0 aliphatic carbocycles. The van der Waals surface area contributed by atoms with Crippen molar-refractivity contribution in [3.8, 4) is 0 Å². The van der Waals surface area contributed by atoms with Gasteiger partial charge in [-0.25, -0.2) is 0 Å². The van der Waals surface area contributed by atoms with E-state index in [1.807, 2.05) is 0 Å². The molecule has 0 aliphatic heterocycles. The van der Waals surface area contributed by atoms with Crippen LogP contribution in [0.4, 0.5) is 0 Å². The van der Waals surface area contributed by atoms with Gasteiger partial charge in [-0.15, -0.1) is 0 Å². The summed E-state index contributed by atoms with van der Waals surface area (Å²) in [6.45, 7) is 1.66. The van der Waals surface area contributed by atoms with Crippen molar-refractivity contribution in [2.75, 3.05) is 18.8 Å². The molecular formula is C17H30N4O7S. The first-order valence-corrected chi connectivity index (χ1v) is 10.2. The normalized spacial score (nSPS) is 13.8. The van der Waals surface area contributed by atoms with Crippen LogP contribution in [-0.4, -0.2) is 70.0 Å². The molecule has 12 heteroatoms. The lowest BCUT2D eigenvalue weighted by molar-refractivity contribution is -0.139. The summed E-state index contributed by atoms with van der Waals surface area (Å²) in [4.78, 5) is 57.7. The van der Waals surface area contributed by atoms with Gasteiger partial charge >= 0.3 is 11.9 Å². The molecule has 3 atom stereocenters. The van der Waals surface area contributed by atoms with E-state index >= 15 is 0 Å². The topological polar surface area (TPSA) is 202 Å². The fraction of sp³-hybridized carbons (Fsp3) is 0.706. The number of unbranched alkanes of at least 4 members (excludes halogenated alkanes) is 1.